The molecule has 1 saturated heterocycles. The molecule has 3 aromatic rings. The lowest BCUT2D eigenvalue weighted by molar-refractivity contribution is 0.113. The number of hydrogen-bond donors (Lipinski definition) is 1. The van der Waals surface area contributed by atoms with E-state index in [1.165, 1.54) is 6.07 Å². The van der Waals surface area contributed by atoms with Crippen molar-refractivity contribution in [1.29, 1.82) is 0 Å². The second kappa shape index (κ2) is 7.83. The zero-order valence-corrected chi connectivity index (χ0v) is 16.6. The van der Waals surface area contributed by atoms with Crippen molar-refractivity contribution >= 4 is 22.6 Å². The Morgan fingerprint density at radius 1 is 1.10 bits per heavy atom. The summed E-state index contributed by atoms with van der Waals surface area (Å²) in [6.45, 7) is 5.53. The van der Waals surface area contributed by atoms with E-state index in [-0.39, 0.29) is 11.8 Å². The summed E-state index contributed by atoms with van der Waals surface area (Å²) in [4.78, 5) is 16.3. The van der Waals surface area contributed by atoms with Gasteiger partial charge in [0.05, 0.1) is 23.5 Å². The number of amides is 2. The molecule has 4 rings (SSSR count). The average molecular weight is 396 g/mol. The third-order valence-corrected chi connectivity index (χ3v) is 5.23. The molecule has 152 valence electrons. The fourth-order valence-corrected chi connectivity index (χ4v) is 3.94. The van der Waals surface area contributed by atoms with Crippen molar-refractivity contribution in [2.24, 2.45) is 5.92 Å². The Balaban J connectivity index is 1.62. The Morgan fingerprint density at radius 2 is 1.86 bits per heavy atom. The summed E-state index contributed by atoms with van der Waals surface area (Å²) in [5.41, 5.74) is 1.85. The lowest BCUT2D eigenvalue weighted by Gasteiger charge is -2.22. The number of carbonyl (C=O) groups excluding carboxylic acids is 1. The maximum Gasteiger partial charge on any atom is 0.324 e. The molecule has 0 bridgehead atoms. The molecule has 1 N–H and O–H groups in total. The van der Waals surface area contributed by atoms with Gasteiger partial charge in [0, 0.05) is 25.0 Å². The lowest BCUT2D eigenvalue weighted by Crippen LogP contribution is -2.37. The van der Waals surface area contributed by atoms with Gasteiger partial charge in [-0.3, -0.25) is 4.90 Å². The molecule has 1 aliphatic heterocycles. The van der Waals surface area contributed by atoms with Crippen LogP contribution in [0.2, 0.25) is 0 Å². The molecule has 0 aliphatic carbocycles. The minimum Gasteiger partial charge on any atom is -0.391 e. The van der Waals surface area contributed by atoms with Gasteiger partial charge in [-0.15, -0.1) is 0 Å². The maximum absolute atomic E-state index is 14.3. The molecule has 1 aliphatic rings. The molecule has 1 unspecified atom stereocenters. The van der Waals surface area contributed by atoms with Crippen LogP contribution in [-0.4, -0.2) is 51.6 Å². The third-order valence-electron chi connectivity index (χ3n) is 5.23. The van der Waals surface area contributed by atoms with Gasteiger partial charge in [0.2, 0.25) is 0 Å². The van der Waals surface area contributed by atoms with Crippen molar-refractivity contribution in [1.82, 2.24) is 14.7 Å². The molecular weight excluding hydrogens is 371 g/mol. The van der Waals surface area contributed by atoms with Crippen LogP contribution in [0.4, 0.5) is 14.9 Å². The Hall–Kier alpha value is -2.93. The van der Waals surface area contributed by atoms with Crippen LogP contribution in [0.25, 0.3) is 16.6 Å². The fourth-order valence-electron chi connectivity index (χ4n) is 3.94. The Kier molecular flexibility index (Phi) is 5.24. The normalized spacial score (nSPS) is 15.7. The van der Waals surface area contributed by atoms with Crippen LogP contribution in [-0.2, 0) is 0 Å². The number of para-hydroxylation sites is 1. The first kappa shape index (κ1) is 19.4. The molecule has 1 atom stereocenters. The molecule has 2 heterocycles. The highest BCUT2D eigenvalue weighted by Crippen LogP contribution is 2.31. The van der Waals surface area contributed by atoms with E-state index in [0.717, 1.165) is 16.6 Å². The van der Waals surface area contributed by atoms with Gasteiger partial charge in [-0.1, -0.05) is 32.0 Å². The number of aliphatic hydroxyl groups is 1. The van der Waals surface area contributed by atoms with Crippen LogP contribution in [0.5, 0.6) is 0 Å². The molecule has 0 spiro atoms. The number of hydrogen-bond acceptors (Lipinski definition) is 3. The second-order valence-electron chi connectivity index (χ2n) is 7.88. The molecular formula is C22H25FN4O2. The number of benzene rings is 2. The number of anilines is 1. The molecule has 0 saturated carbocycles. The van der Waals surface area contributed by atoms with Gasteiger partial charge in [0.1, 0.15) is 11.5 Å². The number of aromatic nitrogens is 2. The molecule has 2 aromatic carbocycles. The van der Waals surface area contributed by atoms with E-state index >= 15 is 0 Å². The number of halogens is 1. The van der Waals surface area contributed by atoms with Crippen molar-refractivity contribution in [2.45, 2.75) is 26.4 Å². The van der Waals surface area contributed by atoms with Crippen molar-refractivity contribution in [2.75, 3.05) is 24.5 Å². The zero-order valence-electron chi connectivity index (χ0n) is 16.6. The number of fused-ring (bicyclic) bond motifs is 1. The summed E-state index contributed by atoms with van der Waals surface area (Å²) in [7, 11) is 0. The minimum absolute atomic E-state index is 0.126. The number of rotatable bonds is 6. The van der Waals surface area contributed by atoms with E-state index in [9.17, 15) is 14.3 Å². The van der Waals surface area contributed by atoms with Crippen LogP contribution >= 0.6 is 0 Å². The standard InChI is InChI=1S/C22H25FN4O2/c1-15(2)12-16(28)14-25-10-11-26(22(25)29)19-8-5-9-20-17(19)13-24-27(20)21-7-4-3-6-18(21)23/h3-9,13,15-16,28H,10-12,14H2,1-2H3. The Labute approximate surface area is 169 Å². The van der Waals surface area contributed by atoms with E-state index in [1.807, 2.05) is 18.2 Å². The van der Waals surface area contributed by atoms with Crippen molar-refractivity contribution < 1.29 is 14.3 Å². The topological polar surface area (TPSA) is 61.6 Å². The minimum atomic E-state index is -0.529. The summed E-state index contributed by atoms with van der Waals surface area (Å²) < 4.78 is 15.8. The van der Waals surface area contributed by atoms with Crippen molar-refractivity contribution in [3.8, 4) is 5.69 Å². The summed E-state index contributed by atoms with van der Waals surface area (Å²) in [6, 6.07) is 11.9. The molecule has 6 nitrogen and oxygen atoms in total. The lowest BCUT2D eigenvalue weighted by atomic mass is 10.1. The first-order chi connectivity index (χ1) is 14.0. The largest absolute Gasteiger partial charge is 0.391 e. The Bertz CT molecular complexity index is 1030. The predicted octanol–water partition coefficient (Wildman–Crippen LogP) is 3.81. The van der Waals surface area contributed by atoms with Gasteiger partial charge in [-0.25, -0.2) is 13.9 Å². The molecule has 1 aromatic heterocycles. The Morgan fingerprint density at radius 3 is 2.62 bits per heavy atom. The molecule has 7 heteroatoms. The van der Waals surface area contributed by atoms with Crippen LogP contribution in [0.15, 0.2) is 48.7 Å². The van der Waals surface area contributed by atoms with E-state index in [2.05, 4.69) is 18.9 Å². The van der Waals surface area contributed by atoms with Crippen molar-refractivity contribution in [3.05, 3.63) is 54.5 Å². The smallest absolute Gasteiger partial charge is 0.324 e. The second-order valence-corrected chi connectivity index (χ2v) is 7.88. The van der Waals surface area contributed by atoms with Gasteiger partial charge in [0.25, 0.3) is 0 Å². The van der Waals surface area contributed by atoms with Crippen molar-refractivity contribution in [3.63, 3.8) is 0 Å². The highest BCUT2D eigenvalue weighted by atomic mass is 19.1. The predicted molar refractivity (Wildman–Crippen MR) is 111 cm³/mol. The quantitative estimate of drug-likeness (QED) is 0.689. The number of carbonyl (C=O) groups is 1. The fraction of sp³-hybridized carbons (Fsp3) is 0.364. The third kappa shape index (κ3) is 3.70. The SMILES string of the molecule is CC(C)CC(O)CN1CCN(c2cccc3c2cnn3-c2ccccc2F)C1=O. The van der Waals surface area contributed by atoms with Crippen LogP contribution < -0.4 is 4.90 Å². The van der Waals surface area contributed by atoms with Crippen LogP contribution in [0.3, 0.4) is 0 Å². The van der Waals surface area contributed by atoms with Crippen LogP contribution in [0.1, 0.15) is 20.3 Å². The maximum atomic E-state index is 14.3. The van der Waals surface area contributed by atoms with Gasteiger partial charge < -0.3 is 10.0 Å². The van der Waals surface area contributed by atoms with Gasteiger partial charge in [-0.05, 0) is 36.6 Å². The first-order valence-corrected chi connectivity index (χ1v) is 9.92. The monoisotopic (exact) mass is 396 g/mol. The van der Waals surface area contributed by atoms with E-state index in [0.29, 0.717) is 37.7 Å². The van der Waals surface area contributed by atoms with Gasteiger partial charge >= 0.3 is 6.03 Å². The molecule has 0 radical (unpaired) electrons. The van der Waals surface area contributed by atoms with E-state index in [4.69, 9.17) is 0 Å². The molecule has 2 amide bonds. The molecule has 29 heavy (non-hydrogen) atoms. The summed E-state index contributed by atoms with van der Waals surface area (Å²) in [5.74, 6) is 0.0160. The highest BCUT2D eigenvalue weighted by Gasteiger charge is 2.32. The number of nitrogens with zero attached hydrogens (tertiary/aromatic N) is 4. The number of aliphatic hydroxyl groups excluding tert-OH is 1. The highest BCUT2D eigenvalue weighted by molar-refractivity contribution is 6.03. The number of β-amino-alcohol motifs (C(OH)–C–C–N with tert-alkyl or cyclic N) is 1. The summed E-state index contributed by atoms with van der Waals surface area (Å²) in [6.07, 6.45) is 1.80. The summed E-state index contributed by atoms with van der Waals surface area (Å²) >= 11 is 0. The van der Waals surface area contributed by atoms with Gasteiger partial charge in [-0.2, -0.15) is 5.10 Å². The van der Waals surface area contributed by atoms with Gasteiger partial charge in [0.15, 0.2) is 0 Å². The van der Waals surface area contributed by atoms with E-state index < -0.39 is 6.10 Å². The molecule has 1 fully saturated rings. The number of urea groups is 1. The zero-order chi connectivity index (χ0) is 20.5. The first-order valence-electron chi connectivity index (χ1n) is 9.92. The van der Waals surface area contributed by atoms with E-state index in [1.54, 1.807) is 38.9 Å². The summed E-state index contributed by atoms with van der Waals surface area (Å²) in [5, 5.41) is 15.4. The van der Waals surface area contributed by atoms with Crippen LogP contribution in [0, 0.1) is 11.7 Å². The average Bonchev–Trinajstić information content (AvgIpc) is 3.26.